The summed E-state index contributed by atoms with van der Waals surface area (Å²) in [6, 6.07) is 12.2. The summed E-state index contributed by atoms with van der Waals surface area (Å²) in [6.07, 6.45) is 0. The summed E-state index contributed by atoms with van der Waals surface area (Å²) in [5, 5.41) is 3.38. The van der Waals surface area contributed by atoms with Gasteiger partial charge < -0.3 is 10.1 Å². The summed E-state index contributed by atoms with van der Waals surface area (Å²) in [6.45, 7) is 3.52. The van der Waals surface area contributed by atoms with Gasteiger partial charge in [0.25, 0.3) is 0 Å². The molecule has 0 saturated heterocycles. The third-order valence-electron chi connectivity index (χ3n) is 2.24. The molecule has 0 saturated carbocycles. The first-order valence-corrected chi connectivity index (χ1v) is 7.10. The zero-order valence-corrected chi connectivity index (χ0v) is 12.0. The molecule has 0 aliphatic rings. The van der Waals surface area contributed by atoms with Crippen molar-refractivity contribution in [2.75, 3.05) is 11.9 Å². The van der Waals surface area contributed by atoms with E-state index < -0.39 is 0 Å². The van der Waals surface area contributed by atoms with Crippen LogP contribution in [0.15, 0.2) is 40.2 Å². The van der Waals surface area contributed by atoms with Crippen molar-refractivity contribution < 1.29 is 4.74 Å². The summed E-state index contributed by atoms with van der Waals surface area (Å²) in [5.41, 5.74) is 1.08. The van der Waals surface area contributed by atoms with Crippen molar-refractivity contribution in [3.05, 3.63) is 45.1 Å². The Morgan fingerprint density at radius 3 is 2.88 bits per heavy atom. The molecule has 2 rings (SSSR count). The maximum atomic E-state index is 5.46. The molecule has 1 N–H and O–H groups in total. The summed E-state index contributed by atoms with van der Waals surface area (Å²) in [5.74, 6) is 0.907. The molecule has 0 aliphatic carbocycles. The normalized spacial score (nSPS) is 10.2. The van der Waals surface area contributed by atoms with Gasteiger partial charge in [0.1, 0.15) is 5.75 Å². The highest BCUT2D eigenvalue weighted by Crippen LogP contribution is 2.23. The standard InChI is InChI=1S/C13H14BrNOS/c1-2-16-11-5-3-4-10(8-11)15-9-12-6-7-13(14)17-12/h3-8,15H,2,9H2,1H3. The molecular weight excluding hydrogens is 298 g/mol. The van der Waals surface area contributed by atoms with Crippen LogP contribution in [-0.4, -0.2) is 6.61 Å². The molecule has 2 aromatic rings. The molecule has 0 aliphatic heterocycles. The molecule has 0 atom stereocenters. The molecule has 0 unspecified atom stereocenters. The predicted octanol–water partition coefficient (Wildman–Crippen LogP) is 4.52. The minimum atomic E-state index is 0.696. The first kappa shape index (κ1) is 12.5. The summed E-state index contributed by atoms with van der Waals surface area (Å²) in [7, 11) is 0. The van der Waals surface area contributed by atoms with Gasteiger partial charge in [0.2, 0.25) is 0 Å². The van der Waals surface area contributed by atoms with Gasteiger partial charge >= 0.3 is 0 Å². The molecule has 90 valence electrons. The molecule has 4 heteroatoms. The van der Waals surface area contributed by atoms with Crippen LogP contribution >= 0.6 is 27.3 Å². The van der Waals surface area contributed by atoms with Crippen LogP contribution in [0.2, 0.25) is 0 Å². The number of benzene rings is 1. The van der Waals surface area contributed by atoms with E-state index in [0.29, 0.717) is 6.61 Å². The Morgan fingerprint density at radius 2 is 2.18 bits per heavy atom. The Morgan fingerprint density at radius 1 is 1.29 bits per heavy atom. The van der Waals surface area contributed by atoms with Gasteiger partial charge in [-0.25, -0.2) is 0 Å². The monoisotopic (exact) mass is 311 g/mol. The SMILES string of the molecule is CCOc1cccc(NCc2ccc(Br)s2)c1. The van der Waals surface area contributed by atoms with Gasteiger partial charge in [-0.2, -0.15) is 0 Å². The average Bonchev–Trinajstić information content (AvgIpc) is 2.74. The number of hydrogen-bond donors (Lipinski definition) is 1. The van der Waals surface area contributed by atoms with E-state index in [1.165, 1.54) is 4.88 Å². The minimum absolute atomic E-state index is 0.696. The molecule has 0 bridgehead atoms. The number of rotatable bonds is 5. The summed E-state index contributed by atoms with van der Waals surface area (Å²) < 4.78 is 6.62. The van der Waals surface area contributed by atoms with Gasteiger partial charge in [-0.15, -0.1) is 11.3 Å². The van der Waals surface area contributed by atoms with E-state index >= 15 is 0 Å². The number of ether oxygens (including phenoxy) is 1. The molecule has 1 aromatic heterocycles. The molecule has 0 radical (unpaired) electrons. The van der Waals surface area contributed by atoms with Crippen molar-refractivity contribution in [3.63, 3.8) is 0 Å². The lowest BCUT2D eigenvalue weighted by Gasteiger charge is -2.07. The lowest BCUT2D eigenvalue weighted by atomic mass is 10.3. The number of nitrogens with one attached hydrogen (secondary N) is 1. The van der Waals surface area contributed by atoms with E-state index in [1.807, 2.05) is 31.2 Å². The molecule has 0 spiro atoms. The summed E-state index contributed by atoms with van der Waals surface area (Å²) in [4.78, 5) is 1.30. The van der Waals surface area contributed by atoms with Crippen molar-refractivity contribution in [2.24, 2.45) is 0 Å². The Bertz CT molecular complexity index is 484. The Balaban J connectivity index is 1.96. The van der Waals surface area contributed by atoms with Gasteiger partial charge in [-0.1, -0.05) is 6.07 Å². The Hall–Kier alpha value is -1.000. The Kier molecular flexibility index (Phi) is 4.45. The maximum Gasteiger partial charge on any atom is 0.121 e. The van der Waals surface area contributed by atoms with Crippen LogP contribution in [0.3, 0.4) is 0 Å². The number of hydrogen-bond acceptors (Lipinski definition) is 3. The molecule has 0 amide bonds. The highest BCUT2D eigenvalue weighted by molar-refractivity contribution is 9.11. The van der Waals surface area contributed by atoms with E-state index in [0.717, 1.165) is 21.8 Å². The molecule has 0 fully saturated rings. The van der Waals surface area contributed by atoms with Crippen LogP contribution in [0.1, 0.15) is 11.8 Å². The largest absolute Gasteiger partial charge is 0.494 e. The van der Waals surface area contributed by atoms with Crippen molar-refractivity contribution in [1.82, 2.24) is 0 Å². The number of halogens is 1. The van der Waals surface area contributed by atoms with Crippen molar-refractivity contribution in [2.45, 2.75) is 13.5 Å². The minimum Gasteiger partial charge on any atom is -0.494 e. The number of anilines is 1. The lowest BCUT2D eigenvalue weighted by molar-refractivity contribution is 0.340. The van der Waals surface area contributed by atoms with Crippen molar-refractivity contribution in [1.29, 1.82) is 0 Å². The molecule has 2 nitrogen and oxygen atoms in total. The molecule has 17 heavy (non-hydrogen) atoms. The molecule has 1 heterocycles. The van der Waals surface area contributed by atoms with Gasteiger partial charge in [0.05, 0.1) is 10.4 Å². The van der Waals surface area contributed by atoms with Crippen molar-refractivity contribution in [3.8, 4) is 5.75 Å². The first-order chi connectivity index (χ1) is 8.28. The zero-order valence-electron chi connectivity index (χ0n) is 9.57. The summed E-state index contributed by atoms with van der Waals surface area (Å²) >= 11 is 5.21. The van der Waals surface area contributed by atoms with E-state index in [9.17, 15) is 0 Å². The second-order valence-corrected chi connectivity index (χ2v) is 6.07. The average molecular weight is 312 g/mol. The van der Waals surface area contributed by atoms with Crippen molar-refractivity contribution >= 4 is 33.0 Å². The quantitative estimate of drug-likeness (QED) is 0.876. The lowest BCUT2D eigenvalue weighted by Crippen LogP contribution is -1.98. The zero-order chi connectivity index (χ0) is 12.1. The smallest absolute Gasteiger partial charge is 0.121 e. The number of thiophene rings is 1. The van der Waals surface area contributed by atoms with E-state index in [-0.39, 0.29) is 0 Å². The highest BCUT2D eigenvalue weighted by atomic mass is 79.9. The van der Waals surface area contributed by atoms with Gasteiger partial charge in [-0.3, -0.25) is 0 Å². The third-order valence-corrected chi connectivity index (χ3v) is 3.86. The van der Waals surface area contributed by atoms with Crippen LogP contribution in [0.4, 0.5) is 5.69 Å². The van der Waals surface area contributed by atoms with Gasteiger partial charge in [-0.05, 0) is 47.1 Å². The second kappa shape index (κ2) is 6.07. The van der Waals surface area contributed by atoms with Crippen LogP contribution in [-0.2, 0) is 6.54 Å². The predicted molar refractivity (Wildman–Crippen MR) is 77.0 cm³/mol. The van der Waals surface area contributed by atoms with Crippen LogP contribution in [0.5, 0.6) is 5.75 Å². The Labute approximate surface area is 114 Å². The van der Waals surface area contributed by atoms with Crippen LogP contribution < -0.4 is 10.1 Å². The third kappa shape index (κ3) is 3.75. The van der Waals surface area contributed by atoms with E-state index in [4.69, 9.17) is 4.74 Å². The van der Waals surface area contributed by atoms with E-state index in [1.54, 1.807) is 11.3 Å². The van der Waals surface area contributed by atoms with Gasteiger partial charge in [0, 0.05) is 23.2 Å². The fraction of sp³-hybridized carbons (Fsp3) is 0.231. The van der Waals surface area contributed by atoms with Crippen LogP contribution in [0.25, 0.3) is 0 Å². The highest BCUT2D eigenvalue weighted by Gasteiger charge is 1.99. The fourth-order valence-corrected chi connectivity index (χ4v) is 2.92. The van der Waals surface area contributed by atoms with Crippen LogP contribution in [0, 0.1) is 0 Å². The topological polar surface area (TPSA) is 21.3 Å². The molecular formula is C13H14BrNOS. The van der Waals surface area contributed by atoms with E-state index in [2.05, 4.69) is 33.4 Å². The molecule has 1 aromatic carbocycles. The first-order valence-electron chi connectivity index (χ1n) is 5.49. The second-order valence-electron chi connectivity index (χ2n) is 3.52. The maximum absolute atomic E-state index is 5.46. The fourth-order valence-electron chi connectivity index (χ4n) is 1.50. The van der Waals surface area contributed by atoms with Gasteiger partial charge in [0.15, 0.2) is 0 Å².